The third kappa shape index (κ3) is 7.71. The fourth-order valence-electron chi connectivity index (χ4n) is 4.16. The van der Waals surface area contributed by atoms with Crippen molar-refractivity contribution in [2.45, 2.75) is 6.54 Å². The maximum absolute atomic E-state index is 13.5. The number of amides is 2. The Morgan fingerprint density at radius 3 is 2.48 bits per heavy atom. The zero-order valence-corrected chi connectivity index (χ0v) is 25.5. The molecular weight excluding hydrogens is 619 g/mol. The van der Waals surface area contributed by atoms with Gasteiger partial charge in [0.25, 0.3) is 11.8 Å². The number of thiophene rings is 1. The van der Waals surface area contributed by atoms with Crippen LogP contribution in [0.15, 0.2) is 35.8 Å². The second kappa shape index (κ2) is 13.6. The van der Waals surface area contributed by atoms with Crippen molar-refractivity contribution >= 4 is 86.2 Å². The Labute approximate surface area is 253 Å². The van der Waals surface area contributed by atoms with Crippen molar-refractivity contribution in [2.24, 2.45) is 0 Å². The summed E-state index contributed by atoms with van der Waals surface area (Å²) in [6, 6.07) is 6.38. The van der Waals surface area contributed by atoms with Gasteiger partial charge >= 0.3 is 0 Å². The van der Waals surface area contributed by atoms with E-state index >= 15 is 0 Å². The fourth-order valence-corrected chi connectivity index (χ4v) is 6.18. The van der Waals surface area contributed by atoms with Gasteiger partial charge in [0.2, 0.25) is 0 Å². The van der Waals surface area contributed by atoms with E-state index in [4.69, 9.17) is 34.8 Å². The molecule has 2 aromatic heterocycles. The van der Waals surface area contributed by atoms with Gasteiger partial charge in [-0.2, -0.15) is 0 Å². The number of hydrogen-bond donors (Lipinski definition) is 2. The van der Waals surface area contributed by atoms with Gasteiger partial charge in [0.1, 0.15) is 10.7 Å². The molecule has 1 saturated heterocycles. The molecule has 0 saturated carbocycles. The lowest BCUT2D eigenvalue weighted by Crippen LogP contribution is -2.45. The number of likely N-dealkylation sites (N-methyl/N-ethyl adjacent to an activating group) is 1. The van der Waals surface area contributed by atoms with Crippen molar-refractivity contribution in [3.63, 3.8) is 0 Å². The van der Waals surface area contributed by atoms with Crippen molar-refractivity contribution in [1.29, 1.82) is 0 Å². The highest BCUT2D eigenvalue weighted by molar-refractivity contribution is 7.79. The van der Waals surface area contributed by atoms with E-state index in [0.717, 1.165) is 24.4 Å². The molecule has 15 heteroatoms. The van der Waals surface area contributed by atoms with Crippen LogP contribution in [0, 0.1) is 0 Å². The number of pyridine rings is 1. The van der Waals surface area contributed by atoms with Crippen LogP contribution in [0.2, 0.25) is 15.1 Å². The summed E-state index contributed by atoms with van der Waals surface area (Å²) < 4.78 is 22.1. The smallest absolute Gasteiger partial charge is 0.267 e. The molecule has 1 aromatic carbocycles. The minimum atomic E-state index is -2.25. The van der Waals surface area contributed by atoms with Crippen molar-refractivity contribution in [3.05, 3.63) is 66.9 Å². The predicted molar refractivity (Wildman–Crippen MR) is 161 cm³/mol. The van der Waals surface area contributed by atoms with Crippen LogP contribution in [0.3, 0.4) is 0 Å². The van der Waals surface area contributed by atoms with Gasteiger partial charge in [0.05, 0.1) is 32.9 Å². The normalized spacial score (nSPS) is 14.8. The summed E-state index contributed by atoms with van der Waals surface area (Å²) >= 11 is 17.8. The van der Waals surface area contributed by atoms with Crippen molar-refractivity contribution < 1.29 is 18.4 Å². The lowest BCUT2D eigenvalue weighted by atomic mass is 10.1. The predicted octanol–water partition coefficient (Wildman–Crippen LogP) is 4.63. The van der Waals surface area contributed by atoms with E-state index in [-0.39, 0.29) is 39.4 Å². The molecule has 0 spiro atoms. The molecule has 2 amide bonds. The summed E-state index contributed by atoms with van der Waals surface area (Å²) in [4.78, 5) is 37.2. The number of nitrogens with zero attached hydrogens (tertiary/aromatic N) is 4. The first kappa shape index (κ1) is 30.7. The van der Waals surface area contributed by atoms with Crippen molar-refractivity contribution in [2.75, 3.05) is 61.7 Å². The van der Waals surface area contributed by atoms with E-state index < -0.39 is 22.9 Å². The van der Waals surface area contributed by atoms with Gasteiger partial charge in [-0.1, -0.05) is 34.8 Å². The summed E-state index contributed by atoms with van der Waals surface area (Å²) in [5.74, 6) is -0.920. The molecule has 3 heterocycles. The van der Waals surface area contributed by atoms with Crippen LogP contribution in [0.4, 0.5) is 17.2 Å². The van der Waals surface area contributed by atoms with E-state index in [9.17, 15) is 18.4 Å². The maximum Gasteiger partial charge on any atom is 0.267 e. The second-order valence-electron chi connectivity index (χ2n) is 9.26. The topological polar surface area (TPSA) is 121 Å². The molecule has 1 aliphatic rings. The van der Waals surface area contributed by atoms with E-state index in [2.05, 4.69) is 25.4 Å². The number of nitrogens with one attached hydrogen (secondary N) is 2. The van der Waals surface area contributed by atoms with Gasteiger partial charge < -0.3 is 25.0 Å². The fraction of sp³-hybridized carbons (Fsp3) is 0.320. The minimum absolute atomic E-state index is 0.150. The summed E-state index contributed by atoms with van der Waals surface area (Å²) in [5.41, 5.74) is 1.66. The molecule has 1 aliphatic heterocycles. The number of carbonyl (C=O) groups excluding carboxylic acids is 2. The standard InChI is InChI=1S/C25H27Cl3N6O4S2/c1-32-5-7-34(8-6-32)19-10-17(27)9-18(24(35)30-20-4-3-16(26)11-29-20)22(19)31-25(36)23-21(28)15(13-39-23)12-33(2)14-40(37)38/h3-4,9-11,13H,5-8,12,14H2,1-2H3,(H,31,36)(H,37,38)(H,29,30,35)/p-1. The van der Waals surface area contributed by atoms with Crippen molar-refractivity contribution in [3.8, 4) is 0 Å². The number of rotatable bonds is 9. The van der Waals surface area contributed by atoms with Crippen LogP contribution in [0.25, 0.3) is 0 Å². The van der Waals surface area contributed by atoms with Gasteiger partial charge in [-0.3, -0.25) is 18.7 Å². The lowest BCUT2D eigenvalue weighted by molar-refractivity contribution is 0.102. The average molecular weight is 645 g/mol. The number of hydrogen-bond acceptors (Lipinski definition) is 9. The second-order valence-corrected chi connectivity index (χ2v) is 12.3. The molecule has 214 valence electrons. The number of halogens is 3. The molecule has 1 atom stereocenters. The molecule has 0 bridgehead atoms. The zero-order valence-electron chi connectivity index (χ0n) is 21.6. The average Bonchev–Trinajstić information content (AvgIpc) is 3.25. The van der Waals surface area contributed by atoms with Gasteiger partial charge in [-0.05, 0) is 60.4 Å². The van der Waals surface area contributed by atoms with E-state index in [1.165, 1.54) is 12.3 Å². The van der Waals surface area contributed by atoms with Gasteiger partial charge in [-0.15, -0.1) is 11.3 Å². The molecule has 4 rings (SSSR count). The molecule has 10 nitrogen and oxygen atoms in total. The Morgan fingerprint density at radius 2 is 1.82 bits per heavy atom. The van der Waals surface area contributed by atoms with Gasteiger partial charge in [0.15, 0.2) is 0 Å². The van der Waals surface area contributed by atoms with E-state index in [1.807, 2.05) is 7.05 Å². The first-order valence-electron chi connectivity index (χ1n) is 12.0. The Bertz CT molecular complexity index is 1410. The largest absolute Gasteiger partial charge is 0.771 e. The molecule has 0 aliphatic carbocycles. The highest BCUT2D eigenvalue weighted by atomic mass is 35.5. The number of carbonyl (C=O) groups is 2. The Kier molecular flexibility index (Phi) is 10.4. The lowest BCUT2D eigenvalue weighted by Gasteiger charge is -2.35. The minimum Gasteiger partial charge on any atom is -0.771 e. The summed E-state index contributed by atoms with van der Waals surface area (Å²) in [7, 11) is 3.67. The molecule has 40 heavy (non-hydrogen) atoms. The van der Waals surface area contributed by atoms with Crippen LogP contribution in [0.1, 0.15) is 25.6 Å². The van der Waals surface area contributed by atoms with Crippen LogP contribution in [-0.2, 0) is 17.6 Å². The Morgan fingerprint density at radius 1 is 1.10 bits per heavy atom. The van der Waals surface area contributed by atoms with Gasteiger partial charge in [0, 0.05) is 43.9 Å². The summed E-state index contributed by atoms with van der Waals surface area (Å²) in [6.07, 6.45) is 1.41. The van der Waals surface area contributed by atoms with Gasteiger partial charge in [-0.25, -0.2) is 4.98 Å². The SMILES string of the molecule is CN1CCN(c2cc(Cl)cc(C(=O)Nc3ccc(Cl)cn3)c2NC(=O)c2scc(CN(C)CS(=O)[O-])c2Cl)CC1. The Hall–Kier alpha value is -2.29. The molecule has 2 N–H and O–H groups in total. The number of benzene rings is 1. The molecule has 3 aromatic rings. The highest BCUT2D eigenvalue weighted by Gasteiger charge is 2.26. The summed E-state index contributed by atoms with van der Waals surface area (Å²) in [6.45, 7) is 3.15. The quantitative estimate of drug-likeness (QED) is 0.324. The van der Waals surface area contributed by atoms with E-state index in [0.29, 0.717) is 34.4 Å². The van der Waals surface area contributed by atoms with Crippen LogP contribution >= 0.6 is 46.1 Å². The Balaban J connectivity index is 1.67. The summed E-state index contributed by atoms with van der Waals surface area (Å²) in [5, 5.41) is 8.32. The van der Waals surface area contributed by atoms with E-state index in [1.54, 1.807) is 35.5 Å². The van der Waals surface area contributed by atoms with Crippen LogP contribution in [0.5, 0.6) is 0 Å². The van der Waals surface area contributed by atoms with Crippen molar-refractivity contribution in [1.82, 2.24) is 14.8 Å². The third-order valence-corrected chi connectivity index (χ3v) is 8.82. The molecular formula is C25H26Cl3N6O4S2-. The maximum atomic E-state index is 13.5. The highest BCUT2D eigenvalue weighted by Crippen LogP contribution is 2.37. The number of anilines is 3. The van der Waals surface area contributed by atoms with Crippen LogP contribution in [-0.4, -0.2) is 81.5 Å². The number of piperazine rings is 1. The molecule has 1 unspecified atom stereocenters. The third-order valence-electron chi connectivity index (χ3n) is 6.15. The number of aromatic nitrogens is 1. The first-order chi connectivity index (χ1) is 19.0. The molecule has 0 radical (unpaired) electrons. The van der Waals surface area contributed by atoms with Crippen LogP contribution < -0.4 is 15.5 Å². The monoisotopic (exact) mass is 643 g/mol. The first-order valence-corrected chi connectivity index (χ1v) is 15.3. The molecule has 1 fully saturated rings. The zero-order chi connectivity index (χ0) is 29.0.